The molecular formula is C18H23N3O2S. The molecule has 6 heteroatoms. The Kier molecular flexibility index (Phi) is 5.16. The average Bonchev–Trinajstić information content (AvgIpc) is 2.91. The molecule has 128 valence electrons. The molecule has 0 N–H and O–H groups in total. The van der Waals surface area contributed by atoms with Crippen molar-refractivity contribution in [3.05, 3.63) is 56.6 Å². The smallest absolute Gasteiger partial charge is 0.307 e. The second-order valence-corrected chi connectivity index (χ2v) is 7.14. The van der Waals surface area contributed by atoms with Gasteiger partial charge in [0, 0.05) is 43.7 Å². The highest BCUT2D eigenvalue weighted by molar-refractivity contribution is 7.07. The second-order valence-electron chi connectivity index (χ2n) is 6.32. The van der Waals surface area contributed by atoms with Crippen LogP contribution in [0.5, 0.6) is 0 Å². The van der Waals surface area contributed by atoms with Crippen LogP contribution < -0.4 is 4.87 Å². The van der Waals surface area contributed by atoms with Crippen molar-refractivity contribution >= 4 is 17.2 Å². The van der Waals surface area contributed by atoms with Crippen LogP contribution in [0.1, 0.15) is 23.7 Å². The van der Waals surface area contributed by atoms with Gasteiger partial charge in [-0.3, -0.25) is 9.59 Å². The Morgan fingerprint density at radius 2 is 2.00 bits per heavy atom. The van der Waals surface area contributed by atoms with Crippen molar-refractivity contribution in [3.63, 3.8) is 0 Å². The van der Waals surface area contributed by atoms with E-state index in [1.807, 2.05) is 35.4 Å². The molecule has 5 nitrogen and oxygen atoms in total. The Hall–Kier alpha value is -1.92. The molecule has 1 aliphatic rings. The van der Waals surface area contributed by atoms with Crippen LogP contribution >= 0.6 is 11.3 Å². The van der Waals surface area contributed by atoms with Gasteiger partial charge in [-0.15, -0.1) is 0 Å². The number of likely N-dealkylation sites (N-methyl/N-ethyl adjacent to an activating group) is 1. The maximum atomic E-state index is 12.8. The fourth-order valence-corrected chi connectivity index (χ4v) is 3.97. The molecule has 0 saturated carbocycles. The zero-order valence-corrected chi connectivity index (χ0v) is 15.0. The Bertz CT molecular complexity index is 753. The second kappa shape index (κ2) is 7.32. The normalized spacial score (nSPS) is 18.8. The third-order valence-corrected chi connectivity index (χ3v) is 5.49. The highest BCUT2D eigenvalue weighted by Crippen LogP contribution is 2.25. The molecule has 1 aromatic heterocycles. The summed E-state index contributed by atoms with van der Waals surface area (Å²) < 4.78 is 1.69. The number of carbonyl (C=O) groups excluding carboxylic acids is 1. The van der Waals surface area contributed by atoms with Gasteiger partial charge in [0.05, 0.1) is 6.04 Å². The quantitative estimate of drug-likeness (QED) is 0.853. The van der Waals surface area contributed by atoms with Crippen LogP contribution in [0.15, 0.2) is 40.5 Å². The van der Waals surface area contributed by atoms with Crippen molar-refractivity contribution in [1.29, 1.82) is 0 Å². The minimum absolute atomic E-state index is 0.0123. The summed E-state index contributed by atoms with van der Waals surface area (Å²) in [5.41, 5.74) is 2.09. The molecule has 2 aromatic rings. The first-order valence-corrected chi connectivity index (χ1v) is 9.12. The summed E-state index contributed by atoms with van der Waals surface area (Å²) in [6.07, 6.45) is 0.366. The lowest BCUT2D eigenvalue weighted by Crippen LogP contribution is -2.49. The van der Waals surface area contributed by atoms with Gasteiger partial charge in [0.25, 0.3) is 0 Å². The van der Waals surface area contributed by atoms with E-state index in [9.17, 15) is 9.59 Å². The summed E-state index contributed by atoms with van der Waals surface area (Å²) in [7, 11) is 2.09. The van der Waals surface area contributed by atoms with Gasteiger partial charge in [-0.25, -0.2) is 0 Å². The van der Waals surface area contributed by atoms with Crippen molar-refractivity contribution < 1.29 is 4.79 Å². The van der Waals surface area contributed by atoms with Gasteiger partial charge in [0.2, 0.25) is 5.91 Å². The predicted molar refractivity (Wildman–Crippen MR) is 96.3 cm³/mol. The van der Waals surface area contributed by atoms with Gasteiger partial charge in [0.1, 0.15) is 0 Å². The summed E-state index contributed by atoms with van der Waals surface area (Å²) in [6, 6.07) is 10.3. The van der Waals surface area contributed by atoms with Gasteiger partial charge in [-0.1, -0.05) is 41.7 Å². The molecule has 1 aliphatic heterocycles. The van der Waals surface area contributed by atoms with E-state index >= 15 is 0 Å². The lowest BCUT2D eigenvalue weighted by atomic mass is 10.0. The van der Waals surface area contributed by atoms with Crippen LogP contribution in [0.25, 0.3) is 0 Å². The summed E-state index contributed by atoms with van der Waals surface area (Å²) in [4.78, 5) is 28.9. The highest BCUT2D eigenvalue weighted by atomic mass is 32.1. The fourth-order valence-electron chi connectivity index (χ4n) is 3.20. The Balaban J connectivity index is 1.73. The lowest BCUT2D eigenvalue weighted by molar-refractivity contribution is -0.136. The van der Waals surface area contributed by atoms with Crippen LogP contribution in [0, 0.1) is 6.92 Å². The largest absolute Gasteiger partial charge is 0.333 e. The van der Waals surface area contributed by atoms with E-state index in [0.717, 1.165) is 25.3 Å². The lowest BCUT2D eigenvalue weighted by Gasteiger charge is -2.40. The number of benzene rings is 1. The molecule has 0 aliphatic carbocycles. The van der Waals surface area contributed by atoms with E-state index in [4.69, 9.17) is 0 Å². The predicted octanol–water partition coefficient (Wildman–Crippen LogP) is 2.12. The van der Waals surface area contributed by atoms with Gasteiger partial charge in [0.15, 0.2) is 0 Å². The fraction of sp³-hybridized carbons (Fsp3) is 0.444. The number of amides is 1. The first-order chi connectivity index (χ1) is 11.6. The van der Waals surface area contributed by atoms with Gasteiger partial charge < -0.3 is 14.4 Å². The van der Waals surface area contributed by atoms with Gasteiger partial charge in [-0.2, -0.15) is 0 Å². The molecule has 24 heavy (non-hydrogen) atoms. The first kappa shape index (κ1) is 16.9. The third kappa shape index (κ3) is 3.60. The maximum absolute atomic E-state index is 12.8. The minimum atomic E-state index is 0.0123. The number of carbonyl (C=O) groups is 1. The molecule has 1 atom stereocenters. The molecule has 1 amide bonds. The van der Waals surface area contributed by atoms with Gasteiger partial charge in [-0.05, 0) is 19.5 Å². The Morgan fingerprint density at radius 3 is 2.67 bits per heavy atom. The van der Waals surface area contributed by atoms with Crippen molar-refractivity contribution in [2.24, 2.45) is 0 Å². The third-order valence-electron chi connectivity index (χ3n) is 4.61. The van der Waals surface area contributed by atoms with E-state index in [1.165, 1.54) is 16.9 Å². The number of piperazine rings is 1. The van der Waals surface area contributed by atoms with E-state index in [0.29, 0.717) is 13.0 Å². The number of rotatable bonds is 4. The molecule has 0 unspecified atom stereocenters. The monoisotopic (exact) mass is 345 g/mol. The van der Waals surface area contributed by atoms with Crippen LogP contribution in [0.2, 0.25) is 0 Å². The number of aromatic nitrogens is 1. The van der Waals surface area contributed by atoms with E-state index in [2.05, 4.69) is 24.1 Å². The summed E-state index contributed by atoms with van der Waals surface area (Å²) >= 11 is 1.19. The summed E-state index contributed by atoms with van der Waals surface area (Å²) in [5.74, 6) is 0.120. The molecular weight excluding hydrogens is 322 g/mol. The average molecular weight is 345 g/mol. The Labute approximate surface area is 146 Å². The molecule has 0 radical (unpaired) electrons. The standard InChI is InChI=1S/C18H23N3O2S/c1-14-13-24-18(23)20(14)9-8-17(22)21-11-10-19(2)12-16(21)15-6-4-3-5-7-15/h3-7,13,16H,8-12H2,1-2H3/t16-/m0/s1. The molecule has 0 spiro atoms. The Morgan fingerprint density at radius 1 is 1.25 bits per heavy atom. The van der Waals surface area contributed by atoms with Crippen LogP contribution in [-0.2, 0) is 11.3 Å². The van der Waals surface area contributed by atoms with Crippen LogP contribution in [0.4, 0.5) is 0 Å². The SMILES string of the molecule is Cc1csc(=O)n1CCC(=O)N1CCN(C)C[C@H]1c1ccccc1. The van der Waals surface area contributed by atoms with E-state index in [-0.39, 0.29) is 16.8 Å². The topological polar surface area (TPSA) is 45.6 Å². The zero-order chi connectivity index (χ0) is 17.1. The highest BCUT2D eigenvalue weighted by Gasteiger charge is 2.29. The molecule has 3 rings (SSSR count). The zero-order valence-electron chi connectivity index (χ0n) is 14.1. The number of aryl methyl sites for hydroxylation is 1. The van der Waals surface area contributed by atoms with Crippen molar-refractivity contribution in [3.8, 4) is 0 Å². The first-order valence-electron chi connectivity index (χ1n) is 8.24. The van der Waals surface area contributed by atoms with Crippen molar-refractivity contribution in [1.82, 2.24) is 14.4 Å². The maximum Gasteiger partial charge on any atom is 0.307 e. The minimum Gasteiger partial charge on any atom is -0.333 e. The summed E-state index contributed by atoms with van der Waals surface area (Å²) in [5, 5.41) is 1.84. The number of hydrogen-bond acceptors (Lipinski definition) is 4. The number of thiazole rings is 1. The molecule has 1 fully saturated rings. The molecule has 1 saturated heterocycles. The van der Waals surface area contributed by atoms with Crippen LogP contribution in [0.3, 0.4) is 0 Å². The van der Waals surface area contributed by atoms with Crippen molar-refractivity contribution in [2.75, 3.05) is 26.7 Å². The molecule has 1 aromatic carbocycles. The summed E-state index contributed by atoms with van der Waals surface area (Å²) in [6.45, 7) is 4.82. The van der Waals surface area contributed by atoms with Crippen molar-refractivity contribution in [2.45, 2.75) is 25.9 Å². The van der Waals surface area contributed by atoms with Crippen LogP contribution in [-0.4, -0.2) is 47.0 Å². The molecule has 0 bridgehead atoms. The number of nitrogens with zero attached hydrogens (tertiary/aromatic N) is 3. The van der Waals surface area contributed by atoms with Gasteiger partial charge >= 0.3 is 4.87 Å². The number of hydrogen-bond donors (Lipinski definition) is 0. The van der Waals surface area contributed by atoms with E-state index in [1.54, 1.807) is 4.57 Å². The molecule has 2 heterocycles. The van der Waals surface area contributed by atoms with E-state index < -0.39 is 0 Å².